The summed E-state index contributed by atoms with van der Waals surface area (Å²) >= 11 is 0. The molecule has 80 valence electrons. The molecule has 0 saturated heterocycles. The molecule has 0 radical (unpaired) electrons. The zero-order valence-corrected chi connectivity index (χ0v) is 9.31. The van der Waals surface area contributed by atoms with Gasteiger partial charge in [0.15, 0.2) is 0 Å². The first kappa shape index (κ1) is 13.0. The molecule has 0 heterocycles. The van der Waals surface area contributed by atoms with Crippen molar-refractivity contribution in [3.63, 3.8) is 0 Å². The zero-order valence-electron chi connectivity index (χ0n) is 9.31. The van der Waals surface area contributed by atoms with Crippen molar-refractivity contribution >= 4 is 5.91 Å². The summed E-state index contributed by atoms with van der Waals surface area (Å²) in [6.45, 7) is 7.22. The number of rotatable bonds is 6. The van der Waals surface area contributed by atoms with Crippen LogP contribution in [0.1, 0.15) is 33.6 Å². The first-order chi connectivity index (χ1) is 6.70. The fourth-order valence-corrected chi connectivity index (χ4v) is 0.890. The van der Waals surface area contributed by atoms with Gasteiger partial charge in [-0.2, -0.15) is 0 Å². The average molecular weight is 196 g/mol. The van der Waals surface area contributed by atoms with Crippen LogP contribution in [0.4, 0.5) is 0 Å². The molecule has 1 unspecified atom stereocenters. The van der Waals surface area contributed by atoms with Gasteiger partial charge in [0.2, 0.25) is 5.91 Å². The molecule has 3 heteroatoms. The number of hydrogen-bond acceptors (Lipinski definition) is 2. The molecule has 0 aromatic heterocycles. The Balaban J connectivity index is 3.38. The number of carbonyl (C=O) groups excluding carboxylic acids is 1. The Morgan fingerprint density at radius 2 is 2.21 bits per heavy atom. The van der Waals surface area contributed by atoms with Crippen LogP contribution in [0.15, 0.2) is 0 Å². The van der Waals surface area contributed by atoms with E-state index in [4.69, 9.17) is 0 Å². The van der Waals surface area contributed by atoms with E-state index >= 15 is 0 Å². The lowest BCUT2D eigenvalue weighted by atomic mass is 10.2. The highest BCUT2D eigenvalue weighted by Crippen LogP contribution is 1.88. The van der Waals surface area contributed by atoms with Gasteiger partial charge in [-0.15, -0.1) is 5.92 Å². The Morgan fingerprint density at radius 3 is 2.79 bits per heavy atom. The van der Waals surface area contributed by atoms with E-state index in [2.05, 4.69) is 29.4 Å². The van der Waals surface area contributed by atoms with Gasteiger partial charge in [-0.3, -0.25) is 4.79 Å². The minimum Gasteiger partial charge on any atom is -0.354 e. The first-order valence-corrected chi connectivity index (χ1v) is 5.10. The van der Waals surface area contributed by atoms with Crippen LogP contribution >= 0.6 is 0 Å². The van der Waals surface area contributed by atoms with E-state index < -0.39 is 0 Å². The van der Waals surface area contributed by atoms with Gasteiger partial charge in [-0.1, -0.05) is 12.8 Å². The van der Waals surface area contributed by atoms with Crippen molar-refractivity contribution in [1.29, 1.82) is 0 Å². The molecule has 0 fully saturated rings. The monoisotopic (exact) mass is 196 g/mol. The molecule has 3 nitrogen and oxygen atoms in total. The second-order valence-electron chi connectivity index (χ2n) is 3.23. The molecule has 0 aromatic rings. The van der Waals surface area contributed by atoms with E-state index in [1.54, 1.807) is 6.92 Å². The van der Waals surface area contributed by atoms with Crippen molar-refractivity contribution in [2.75, 3.05) is 13.1 Å². The summed E-state index contributed by atoms with van der Waals surface area (Å²) in [6.07, 6.45) is 1.50. The highest BCUT2D eigenvalue weighted by Gasteiger charge is 2.03. The van der Waals surface area contributed by atoms with Crippen molar-refractivity contribution in [3.05, 3.63) is 0 Å². The predicted octanol–water partition coefficient (Wildman–Crippen LogP) is 0.904. The summed E-state index contributed by atoms with van der Waals surface area (Å²) < 4.78 is 0. The molecule has 0 saturated carbocycles. The Kier molecular flexibility index (Phi) is 7.96. The molecule has 0 bridgehead atoms. The molecule has 2 N–H and O–H groups in total. The standard InChI is InChI=1S/C11H20N2O/c1-4-6-8-12-9-7-11(14)13-10(3)5-2/h10,12H,5,7-9H2,1-3H3,(H,13,14). The van der Waals surface area contributed by atoms with Gasteiger partial charge < -0.3 is 10.6 Å². The Hall–Kier alpha value is -1.01. The molecule has 1 atom stereocenters. The molecule has 1 amide bonds. The summed E-state index contributed by atoms with van der Waals surface area (Å²) in [5.74, 6) is 5.77. The maximum absolute atomic E-state index is 11.3. The SMILES string of the molecule is CC#CCNCCC(=O)NC(C)CC. The van der Waals surface area contributed by atoms with Crippen molar-refractivity contribution in [2.45, 2.75) is 39.7 Å². The first-order valence-electron chi connectivity index (χ1n) is 5.10. The third-order valence-electron chi connectivity index (χ3n) is 1.94. The maximum Gasteiger partial charge on any atom is 0.221 e. The van der Waals surface area contributed by atoms with Crippen LogP contribution < -0.4 is 10.6 Å². The normalized spacial score (nSPS) is 11.4. The number of carbonyl (C=O) groups is 1. The van der Waals surface area contributed by atoms with Crippen molar-refractivity contribution in [2.24, 2.45) is 0 Å². The minimum atomic E-state index is 0.108. The fourth-order valence-electron chi connectivity index (χ4n) is 0.890. The van der Waals surface area contributed by atoms with E-state index in [0.717, 1.165) is 6.42 Å². The molecule has 0 aliphatic carbocycles. The Labute approximate surface area is 86.6 Å². The topological polar surface area (TPSA) is 41.1 Å². The van der Waals surface area contributed by atoms with Gasteiger partial charge in [0.05, 0.1) is 6.54 Å². The number of hydrogen-bond donors (Lipinski definition) is 2. The van der Waals surface area contributed by atoms with Crippen LogP contribution in [0.25, 0.3) is 0 Å². The van der Waals surface area contributed by atoms with Crippen molar-refractivity contribution in [3.8, 4) is 11.8 Å². The van der Waals surface area contributed by atoms with E-state index in [0.29, 0.717) is 19.5 Å². The predicted molar refractivity (Wildman–Crippen MR) is 58.8 cm³/mol. The second-order valence-corrected chi connectivity index (χ2v) is 3.23. The highest BCUT2D eigenvalue weighted by molar-refractivity contribution is 5.76. The van der Waals surface area contributed by atoms with E-state index in [1.807, 2.05) is 6.92 Å². The summed E-state index contributed by atoms with van der Waals surface area (Å²) in [5.41, 5.74) is 0. The lowest BCUT2D eigenvalue weighted by molar-refractivity contribution is -0.121. The largest absolute Gasteiger partial charge is 0.354 e. The van der Waals surface area contributed by atoms with E-state index in [1.165, 1.54) is 0 Å². The lowest BCUT2D eigenvalue weighted by Crippen LogP contribution is -2.34. The molecule has 14 heavy (non-hydrogen) atoms. The quantitative estimate of drug-likeness (QED) is 0.489. The van der Waals surface area contributed by atoms with Gasteiger partial charge in [0, 0.05) is 19.0 Å². The van der Waals surface area contributed by atoms with Crippen molar-refractivity contribution in [1.82, 2.24) is 10.6 Å². The summed E-state index contributed by atoms with van der Waals surface area (Å²) in [5, 5.41) is 5.98. The Morgan fingerprint density at radius 1 is 1.50 bits per heavy atom. The molecule has 0 spiro atoms. The summed E-state index contributed by atoms with van der Waals surface area (Å²) in [4.78, 5) is 11.3. The lowest BCUT2D eigenvalue weighted by Gasteiger charge is -2.10. The molecule has 0 aliphatic rings. The minimum absolute atomic E-state index is 0.108. The molecular weight excluding hydrogens is 176 g/mol. The van der Waals surface area contributed by atoms with Gasteiger partial charge in [-0.05, 0) is 20.3 Å². The molecule has 0 aliphatic heterocycles. The van der Waals surface area contributed by atoms with Gasteiger partial charge in [0.1, 0.15) is 0 Å². The van der Waals surface area contributed by atoms with Crippen LogP contribution in [0.5, 0.6) is 0 Å². The van der Waals surface area contributed by atoms with Gasteiger partial charge >= 0.3 is 0 Å². The van der Waals surface area contributed by atoms with Crippen LogP contribution in [0.2, 0.25) is 0 Å². The smallest absolute Gasteiger partial charge is 0.221 e. The molecule has 0 aromatic carbocycles. The summed E-state index contributed by atoms with van der Waals surface area (Å²) in [6, 6.07) is 0.276. The maximum atomic E-state index is 11.3. The zero-order chi connectivity index (χ0) is 10.8. The number of amides is 1. The van der Waals surface area contributed by atoms with E-state index in [-0.39, 0.29) is 11.9 Å². The van der Waals surface area contributed by atoms with Crippen LogP contribution in [0, 0.1) is 11.8 Å². The van der Waals surface area contributed by atoms with Crippen LogP contribution in [-0.4, -0.2) is 25.0 Å². The van der Waals surface area contributed by atoms with Crippen LogP contribution in [0.3, 0.4) is 0 Å². The average Bonchev–Trinajstić information content (AvgIpc) is 2.17. The molecule has 0 rings (SSSR count). The fraction of sp³-hybridized carbons (Fsp3) is 0.727. The summed E-state index contributed by atoms with van der Waals surface area (Å²) in [7, 11) is 0. The highest BCUT2D eigenvalue weighted by atomic mass is 16.1. The third-order valence-corrected chi connectivity index (χ3v) is 1.94. The third kappa shape index (κ3) is 7.63. The second kappa shape index (κ2) is 8.58. The van der Waals surface area contributed by atoms with E-state index in [9.17, 15) is 4.79 Å². The van der Waals surface area contributed by atoms with Gasteiger partial charge in [0.25, 0.3) is 0 Å². The van der Waals surface area contributed by atoms with Gasteiger partial charge in [-0.25, -0.2) is 0 Å². The number of nitrogens with one attached hydrogen (secondary N) is 2. The van der Waals surface area contributed by atoms with Crippen LogP contribution in [-0.2, 0) is 4.79 Å². The van der Waals surface area contributed by atoms with Crippen molar-refractivity contribution < 1.29 is 4.79 Å². The Bertz CT molecular complexity index is 215. The molecular formula is C11H20N2O.